The summed E-state index contributed by atoms with van der Waals surface area (Å²) in [5, 5.41) is 6.22. The first kappa shape index (κ1) is 17.2. The van der Waals surface area contributed by atoms with Gasteiger partial charge in [-0.25, -0.2) is 8.42 Å². The van der Waals surface area contributed by atoms with Gasteiger partial charge in [0.2, 0.25) is 15.9 Å². The molecule has 1 heterocycles. The predicted molar refractivity (Wildman–Crippen MR) is 85.3 cm³/mol. The quantitative estimate of drug-likeness (QED) is 0.838. The molecule has 23 heavy (non-hydrogen) atoms. The molecule has 2 N–H and O–H groups in total. The Labute approximate surface area is 135 Å². The zero-order chi connectivity index (χ0) is 17.0. The number of sulfonamides is 1. The first-order valence-corrected chi connectivity index (χ1v) is 8.59. The number of amides is 1. The van der Waals surface area contributed by atoms with E-state index in [2.05, 4.69) is 15.2 Å². The first-order chi connectivity index (χ1) is 10.8. The van der Waals surface area contributed by atoms with Crippen molar-refractivity contribution >= 4 is 21.7 Å². The summed E-state index contributed by atoms with van der Waals surface area (Å²) in [6, 6.07) is 8.53. The first-order valence-electron chi connectivity index (χ1n) is 7.11. The number of anilines is 1. The van der Waals surface area contributed by atoms with Crippen LogP contribution in [0, 0.1) is 12.8 Å². The van der Waals surface area contributed by atoms with E-state index >= 15 is 0 Å². The largest absolute Gasteiger partial charge is 0.360 e. The van der Waals surface area contributed by atoms with Crippen molar-refractivity contribution < 1.29 is 17.7 Å². The molecule has 7 nitrogen and oxygen atoms in total. The molecule has 0 radical (unpaired) electrons. The lowest BCUT2D eigenvalue weighted by Gasteiger charge is -2.21. The van der Waals surface area contributed by atoms with Gasteiger partial charge in [0, 0.05) is 6.07 Å². The van der Waals surface area contributed by atoms with Crippen LogP contribution in [0.3, 0.4) is 0 Å². The van der Waals surface area contributed by atoms with Crippen LogP contribution >= 0.6 is 0 Å². The van der Waals surface area contributed by atoms with E-state index in [0.717, 1.165) is 0 Å². The summed E-state index contributed by atoms with van der Waals surface area (Å²) in [7, 11) is -3.79. The number of carbonyl (C=O) groups is 1. The molecule has 1 atom stereocenters. The van der Waals surface area contributed by atoms with Crippen LogP contribution < -0.4 is 10.0 Å². The van der Waals surface area contributed by atoms with Gasteiger partial charge in [0.15, 0.2) is 5.82 Å². The number of benzene rings is 1. The number of aryl methyl sites for hydroxylation is 1. The molecule has 1 aromatic carbocycles. The summed E-state index contributed by atoms with van der Waals surface area (Å²) in [4.78, 5) is 12.5. The van der Waals surface area contributed by atoms with Crippen LogP contribution in [0.1, 0.15) is 19.6 Å². The summed E-state index contributed by atoms with van der Waals surface area (Å²) in [5.74, 6) is 0.0533. The predicted octanol–water partition coefficient (Wildman–Crippen LogP) is 1.92. The van der Waals surface area contributed by atoms with E-state index < -0.39 is 22.0 Å². The van der Waals surface area contributed by atoms with Gasteiger partial charge in [-0.15, -0.1) is 0 Å². The van der Waals surface area contributed by atoms with Gasteiger partial charge in [0.1, 0.15) is 11.8 Å². The lowest BCUT2D eigenvalue weighted by Crippen LogP contribution is -2.47. The minimum Gasteiger partial charge on any atom is -0.360 e. The normalized spacial score (nSPS) is 13.0. The fourth-order valence-corrected chi connectivity index (χ4v) is 3.32. The molecule has 0 aliphatic heterocycles. The van der Waals surface area contributed by atoms with E-state index in [1.54, 1.807) is 45.0 Å². The zero-order valence-electron chi connectivity index (χ0n) is 13.1. The molecule has 1 aromatic heterocycles. The number of rotatable bonds is 6. The van der Waals surface area contributed by atoms with Crippen molar-refractivity contribution in [1.82, 2.24) is 9.88 Å². The van der Waals surface area contributed by atoms with Gasteiger partial charge in [-0.2, -0.15) is 4.72 Å². The van der Waals surface area contributed by atoms with Gasteiger partial charge in [-0.1, -0.05) is 37.2 Å². The number of nitrogens with zero attached hydrogens (tertiary/aromatic N) is 1. The average Bonchev–Trinajstić information content (AvgIpc) is 2.90. The highest BCUT2D eigenvalue weighted by atomic mass is 32.2. The maximum Gasteiger partial charge on any atom is 0.244 e. The molecule has 0 bridgehead atoms. The Morgan fingerprint density at radius 2 is 1.87 bits per heavy atom. The molecule has 8 heteroatoms. The molecule has 124 valence electrons. The summed E-state index contributed by atoms with van der Waals surface area (Å²) in [5.41, 5.74) is 0. The summed E-state index contributed by atoms with van der Waals surface area (Å²) in [6.07, 6.45) is 0. The number of nitrogens with one attached hydrogen (secondary N) is 2. The minimum atomic E-state index is -3.79. The van der Waals surface area contributed by atoms with E-state index in [1.807, 2.05) is 0 Å². The molecule has 2 rings (SSSR count). The summed E-state index contributed by atoms with van der Waals surface area (Å²) >= 11 is 0. The molecule has 1 amide bonds. The molecule has 0 unspecified atom stereocenters. The molecule has 0 saturated heterocycles. The van der Waals surface area contributed by atoms with Gasteiger partial charge in [0.05, 0.1) is 4.90 Å². The molecular weight excluding hydrogens is 318 g/mol. The van der Waals surface area contributed by atoms with Crippen LogP contribution in [-0.2, 0) is 14.8 Å². The van der Waals surface area contributed by atoms with Crippen LogP contribution in [0.25, 0.3) is 0 Å². The number of carbonyl (C=O) groups excluding carboxylic acids is 1. The third-order valence-electron chi connectivity index (χ3n) is 3.16. The van der Waals surface area contributed by atoms with Crippen molar-refractivity contribution in [3.63, 3.8) is 0 Å². The monoisotopic (exact) mass is 337 g/mol. The van der Waals surface area contributed by atoms with Crippen LogP contribution in [-0.4, -0.2) is 25.5 Å². The number of hydrogen-bond donors (Lipinski definition) is 2. The maximum atomic E-state index is 12.4. The third-order valence-corrected chi connectivity index (χ3v) is 4.62. The summed E-state index contributed by atoms with van der Waals surface area (Å²) < 4.78 is 32.1. The van der Waals surface area contributed by atoms with Crippen LogP contribution in [0.15, 0.2) is 45.8 Å². The maximum absolute atomic E-state index is 12.4. The molecule has 0 aliphatic rings. The highest BCUT2D eigenvalue weighted by molar-refractivity contribution is 7.89. The lowest BCUT2D eigenvalue weighted by atomic mass is 10.1. The molecule has 2 aromatic rings. The number of hydrogen-bond acceptors (Lipinski definition) is 5. The Balaban J connectivity index is 2.17. The fourth-order valence-electron chi connectivity index (χ4n) is 1.96. The Hall–Kier alpha value is -2.19. The Kier molecular flexibility index (Phi) is 5.17. The lowest BCUT2D eigenvalue weighted by molar-refractivity contribution is -0.118. The standard InChI is InChI=1S/C15H19N3O4S/c1-10(2)14(15(19)16-13-9-11(3)22-17-13)18-23(20,21)12-7-5-4-6-8-12/h4-10,14,18H,1-3H3,(H,16,17,19)/t14-/m0/s1. The Morgan fingerprint density at radius 1 is 1.22 bits per heavy atom. The number of aromatic nitrogens is 1. The van der Waals surface area contributed by atoms with Crippen LogP contribution in [0.5, 0.6) is 0 Å². The van der Waals surface area contributed by atoms with Gasteiger partial charge < -0.3 is 9.84 Å². The molecule has 0 saturated carbocycles. The van der Waals surface area contributed by atoms with Crippen molar-refractivity contribution in [2.45, 2.75) is 31.7 Å². The van der Waals surface area contributed by atoms with Crippen LogP contribution in [0.4, 0.5) is 5.82 Å². The van der Waals surface area contributed by atoms with Crippen molar-refractivity contribution in [3.8, 4) is 0 Å². The molecule has 0 aliphatic carbocycles. The zero-order valence-corrected chi connectivity index (χ0v) is 13.9. The SMILES string of the molecule is Cc1cc(NC(=O)[C@@H](NS(=O)(=O)c2ccccc2)C(C)C)no1. The van der Waals surface area contributed by atoms with E-state index in [0.29, 0.717) is 5.76 Å². The molecular formula is C15H19N3O4S. The topological polar surface area (TPSA) is 101 Å². The van der Waals surface area contributed by atoms with E-state index in [1.165, 1.54) is 12.1 Å². The van der Waals surface area contributed by atoms with Crippen LogP contribution in [0.2, 0.25) is 0 Å². The molecule has 0 fully saturated rings. The minimum absolute atomic E-state index is 0.107. The van der Waals surface area contributed by atoms with E-state index in [4.69, 9.17) is 4.52 Å². The second-order valence-electron chi connectivity index (χ2n) is 5.47. The van der Waals surface area contributed by atoms with Crippen molar-refractivity contribution in [3.05, 3.63) is 42.2 Å². The third kappa shape index (κ3) is 4.40. The van der Waals surface area contributed by atoms with Crippen molar-refractivity contribution in [2.75, 3.05) is 5.32 Å². The van der Waals surface area contributed by atoms with Gasteiger partial charge in [0.25, 0.3) is 0 Å². The highest BCUT2D eigenvalue weighted by Gasteiger charge is 2.28. The Morgan fingerprint density at radius 3 is 2.39 bits per heavy atom. The van der Waals surface area contributed by atoms with Gasteiger partial charge in [-0.05, 0) is 25.0 Å². The average molecular weight is 337 g/mol. The van der Waals surface area contributed by atoms with Crippen molar-refractivity contribution in [1.29, 1.82) is 0 Å². The van der Waals surface area contributed by atoms with Gasteiger partial charge in [-0.3, -0.25) is 4.79 Å². The smallest absolute Gasteiger partial charge is 0.244 e. The van der Waals surface area contributed by atoms with E-state index in [9.17, 15) is 13.2 Å². The second-order valence-corrected chi connectivity index (χ2v) is 7.18. The second kappa shape index (κ2) is 6.93. The van der Waals surface area contributed by atoms with Gasteiger partial charge >= 0.3 is 0 Å². The Bertz CT molecular complexity index is 769. The molecule has 0 spiro atoms. The summed E-state index contributed by atoms with van der Waals surface area (Å²) in [6.45, 7) is 5.21. The van der Waals surface area contributed by atoms with E-state index in [-0.39, 0.29) is 16.6 Å². The van der Waals surface area contributed by atoms with Crippen molar-refractivity contribution in [2.24, 2.45) is 5.92 Å². The fraction of sp³-hybridized carbons (Fsp3) is 0.333. The highest BCUT2D eigenvalue weighted by Crippen LogP contribution is 2.14.